The number of nitrogens with one attached hydrogen (secondary N) is 2. The summed E-state index contributed by atoms with van der Waals surface area (Å²) in [6.07, 6.45) is 3.82. The molecule has 146 valence electrons. The average molecular weight is 389 g/mol. The number of carbonyl (C=O) groups excluding carboxylic acids is 1. The molecule has 1 fully saturated rings. The van der Waals surface area contributed by atoms with Crippen LogP contribution in [0, 0.1) is 11.6 Å². The molecule has 0 radical (unpaired) electrons. The van der Waals surface area contributed by atoms with E-state index in [1.54, 1.807) is 6.92 Å². The first-order valence-corrected chi connectivity index (χ1v) is 10.5. The topological polar surface area (TPSA) is 78.5 Å². The van der Waals surface area contributed by atoms with Crippen LogP contribution in [-0.2, 0) is 14.8 Å². The Bertz CT molecular complexity index is 743. The minimum absolute atomic E-state index is 0.0536. The van der Waals surface area contributed by atoms with Gasteiger partial charge in [0.2, 0.25) is 15.9 Å². The summed E-state index contributed by atoms with van der Waals surface area (Å²) >= 11 is 0. The molecule has 1 aliphatic rings. The number of piperidine rings is 1. The fourth-order valence-electron chi connectivity index (χ4n) is 3.15. The first-order valence-electron chi connectivity index (χ1n) is 8.58. The Morgan fingerprint density at radius 2 is 2.08 bits per heavy atom. The fourth-order valence-corrected chi connectivity index (χ4v) is 3.64. The molecule has 0 unspecified atom stereocenters. The molecule has 0 aliphatic carbocycles. The lowest BCUT2D eigenvalue weighted by atomic mass is 10.0. The number of likely N-dealkylation sites (tertiary alicyclic amines) is 1. The van der Waals surface area contributed by atoms with Gasteiger partial charge in [0.05, 0.1) is 18.8 Å². The molecular formula is C17H25F2N3O3S. The Morgan fingerprint density at radius 3 is 2.73 bits per heavy atom. The molecule has 1 aromatic rings. The molecule has 1 aliphatic heterocycles. The van der Waals surface area contributed by atoms with Crippen LogP contribution in [0.3, 0.4) is 0 Å². The third kappa shape index (κ3) is 6.30. The van der Waals surface area contributed by atoms with Crippen molar-refractivity contribution < 1.29 is 22.0 Å². The fraction of sp³-hybridized carbons (Fsp3) is 0.588. The second-order valence-electron chi connectivity index (χ2n) is 6.70. The van der Waals surface area contributed by atoms with E-state index in [1.807, 2.05) is 4.90 Å². The Kier molecular flexibility index (Phi) is 7.08. The summed E-state index contributed by atoms with van der Waals surface area (Å²) in [6.45, 7) is 2.69. The molecule has 1 saturated heterocycles. The highest BCUT2D eigenvalue weighted by atomic mass is 32.2. The maximum absolute atomic E-state index is 13.8. The molecule has 9 heteroatoms. The summed E-state index contributed by atoms with van der Waals surface area (Å²) < 4.78 is 51.9. The van der Waals surface area contributed by atoms with E-state index in [1.165, 1.54) is 6.07 Å². The van der Waals surface area contributed by atoms with Gasteiger partial charge in [-0.05, 0) is 32.4 Å². The molecule has 1 aromatic carbocycles. The summed E-state index contributed by atoms with van der Waals surface area (Å²) in [5.74, 6) is -1.65. The van der Waals surface area contributed by atoms with Crippen molar-refractivity contribution >= 4 is 15.9 Å². The lowest BCUT2D eigenvalue weighted by molar-refractivity contribution is -0.123. The molecule has 2 atom stereocenters. The molecule has 0 aromatic heterocycles. The number of benzene rings is 1. The Labute approximate surface area is 153 Å². The van der Waals surface area contributed by atoms with E-state index >= 15 is 0 Å². The third-order valence-electron chi connectivity index (χ3n) is 4.48. The van der Waals surface area contributed by atoms with Gasteiger partial charge in [-0.15, -0.1) is 0 Å². The average Bonchev–Trinajstić information content (AvgIpc) is 2.53. The summed E-state index contributed by atoms with van der Waals surface area (Å²) in [5.41, 5.74) is 0.216. The molecule has 0 saturated carbocycles. The van der Waals surface area contributed by atoms with E-state index in [4.69, 9.17) is 0 Å². The number of sulfonamides is 1. The predicted molar refractivity (Wildman–Crippen MR) is 95.0 cm³/mol. The summed E-state index contributed by atoms with van der Waals surface area (Å²) in [4.78, 5) is 14.3. The van der Waals surface area contributed by atoms with Gasteiger partial charge < -0.3 is 5.32 Å². The van der Waals surface area contributed by atoms with Crippen molar-refractivity contribution in [2.24, 2.45) is 0 Å². The third-order valence-corrected chi connectivity index (χ3v) is 5.17. The maximum atomic E-state index is 13.8. The number of rotatable bonds is 7. The lowest BCUT2D eigenvalue weighted by Gasteiger charge is -2.35. The maximum Gasteiger partial charge on any atom is 0.234 e. The zero-order chi connectivity index (χ0) is 19.3. The van der Waals surface area contributed by atoms with Crippen LogP contribution in [0.25, 0.3) is 0 Å². The van der Waals surface area contributed by atoms with E-state index in [0.717, 1.165) is 37.7 Å². The zero-order valence-corrected chi connectivity index (χ0v) is 15.8. The normalized spacial score (nSPS) is 19.9. The van der Waals surface area contributed by atoms with E-state index in [2.05, 4.69) is 10.0 Å². The number of amides is 1. The molecular weight excluding hydrogens is 364 g/mol. The molecule has 0 spiro atoms. The predicted octanol–water partition coefficient (Wildman–Crippen LogP) is 1.55. The van der Waals surface area contributed by atoms with E-state index < -0.39 is 27.7 Å². The van der Waals surface area contributed by atoms with Crippen LogP contribution < -0.4 is 10.0 Å². The van der Waals surface area contributed by atoms with Crippen LogP contribution in [0.4, 0.5) is 8.78 Å². The molecule has 1 amide bonds. The molecule has 1 heterocycles. The molecule has 2 rings (SSSR count). The number of nitrogens with zero attached hydrogens (tertiary/aromatic N) is 1. The van der Waals surface area contributed by atoms with Gasteiger partial charge in [-0.1, -0.05) is 12.5 Å². The Morgan fingerprint density at radius 1 is 1.35 bits per heavy atom. The number of carbonyl (C=O) groups is 1. The SMILES string of the molecule is C[C@H](NC(=O)CN1CCCC[C@@H]1CNS(C)(=O)=O)c1ccc(F)cc1F. The van der Waals surface area contributed by atoms with Crippen LogP contribution >= 0.6 is 0 Å². The number of hydrogen-bond acceptors (Lipinski definition) is 4. The van der Waals surface area contributed by atoms with Crippen LogP contribution in [0.1, 0.15) is 37.8 Å². The molecule has 6 nitrogen and oxygen atoms in total. The number of halogens is 2. The van der Waals surface area contributed by atoms with Crippen LogP contribution in [-0.4, -0.2) is 51.2 Å². The second-order valence-corrected chi connectivity index (χ2v) is 8.53. The standard InChI is InChI=1S/C17H25F2N3O3S/c1-12(15-7-6-13(18)9-16(15)19)21-17(23)11-22-8-4-3-5-14(22)10-20-26(2,24)25/h6-7,9,12,14,20H,3-5,8,10-11H2,1-2H3,(H,21,23)/t12-,14+/m0/s1. The van der Waals surface area contributed by atoms with E-state index in [-0.39, 0.29) is 30.6 Å². The quantitative estimate of drug-likeness (QED) is 0.742. The first-order chi connectivity index (χ1) is 12.2. The summed E-state index contributed by atoms with van der Waals surface area (Å²) in [7, 11) is -3.29. The van der Waals surface area contributed by atoms with Gasteiger partial charge in [-0.3, -0.25) is 9.69 Å². The van der Waals surface area contributed by atoms with Gasteiger partial charge in [-0.25, -0.2) is 21.9 Å². The largest absolute Gasteiger partial charge is 0.348 e. The zero-order valence-electron chi connectivity index (χ0n) is 15.0. The van der Waals surface area contributed by atoms with E-state index in [9.17, 15) is 22.0 Å². The highest BCUT2D eigenvalue weighted by molar-refractivity contribution is 7.88. The van der Waals surface area contributed by atoms with Gasteiger partial charge in [0.25, 0.3) is 0 Å². The minimum atomic E-state index is -3.29. The van der Waals surface area contributed by atoms with Crippen LogP contribution in [0.2, 0.25) is 0 Å². The van der Waals surface area contributed by atoms with Gasteiger partial charge in [0, 0.05) is 24.2 Å². The molecule has 26 heavy (non-hydrogen) atoms. The Balaban J connectivity index is 1.93. The minimum Gasteiger partial charge on any atom is -0.348 e. The molecule has 2 N–H and O–H groups in total. The van der Waals surface area contributed by atoms with Crippen molar-refractivity contribution in [3.8, 4) is 0 Å². The van der Waals surface area contributed by atoms with Crippen molar-refractivity contribution in [1.29, 1.82) is 0 Å². The molecule has 0 bridgehead atoms. The van der Waals surface area contributed by atoms with Gasteiger partial charge in [0.15, 0.2) is 0 Å². The Hall–Kier alpha value is -1.58. The van der Waals surface area contributed by atoms with Crippen molar-refractivity contribution in [3.05, 3.63) is 35.4 Å². The van der Waals surface area contributed by atoms with Crippen molar-refractivity contribution in [3.63, 3.8) is 0 Å². The highest BCUT2D eigenvalue weighted by Crippen LogP contribution is 2.19. The van der Waals surface area contributed by atoms with Gasteiger partial charge in [0.1, 0.15) is 11.6 Å². The summed E-state index contributed by atoms with van der Waals surface area (Å²) in [6, 6.07) is 2.60. The highest BCUT2D eigenvalue weighted by Gasteiger charge is 2.25. The smallest absolute Gasteiger partial charge is 0.234 e. The van der Waals surface area contributed by atoms with Crippen LogP contribution in [0.15, 0.2) is 18.2 Å². The van der Waals surface area contributed by atoms with Gasteiger partial charge in [-0.2, -0.15) is 0 Å². The lowest BCUT2D eigenvalue weighted by Crippen LogP contribution is -2.50. The second kappa shape index (κ2) is 8.88. The monoisotopic (exact) mass is 389 g/mol. The number of hydrogen-bond donors (Lipinski definition) is 2. The van der Waals surface area contributed by atoms with E-state index in [0.29, 0.717) is 6.54 Å². The van der Waals surface area contributed by atoms with Crippen molar-refractivity contribution in [1.82, 2.24) is 14.9 Å². The van der Waals surface area contributed by atoms with Crippen LogP contribution in [0.5, 0.6) is 0 Å². The summed E-state index contributed by atoms with van der Waals surface area (Å²) in [5, 5.41) is 2.71. The van der Waals surface area contributed by atoms with Crippen molar-refractivity contribution in [2.45, 2.75) is 38.3 Å². The van der Waals surface area contributed by atoms with Gasteiger partial charge >= 0.3 is 0 Å². The van der Waals surface area contributed by atoms with Crippen molar-refractivity contribution in [2.75, 3.05) is 25.9 Å². The first kappa shape index (κ1) is 20.7.